The van der Waals surface area contributed by atoms with E-state index in [-0.39, 0.29) is 0 Å². The van der Waals surface area contributed by atoms with Crippen LogP contribution in [0.4, 0.5) is 0 Å². The van der Waals surface area contributed by atoms with Crippen LogP contribution in [-0.4, -0.2) is 0 Å². The van der Waals surface area contributed by atoms with Crippen LogP contribution < -0.4 is 0 Å². The van der Waals surface area contributed by atoms with Gasteiger partial charge in [0.1, 0.15) is 0 Å². The second kappa shape index (κ2) is 4.30. The minimum atomic E-state index is 0.429. The molecule has 0 nitrogen and oxygen atoms in total. The second-order valence-corrected chi connectivity index (χ2v) is 6.55. The normalized spacial score (nSPS) is 14.8. The predicted octanol–water partition coefficient (Wildman–Crippen LogP) is 4.81. The van der Waals surface area contributed by atoms with Crippen molar-refractivity contribution in [3.05, 3.63) is 11.6 Å². The highest BCUT2D eigenvalue weighted by Gasteiger charge is 2.12. The third-order valence-electron chi connectivity index (χ3n) is 1.87. The lowest BCUT2D eigenvalue weighted by Gasteiger charge is -2.20. The lowest BCUT2D eigenvalue weighted by Crippen LogP contribution is -2.06. The van der Waals surface area contributed by atoms with Gasteiger partial charge in [-0.15, -0.1) is 0 Å². The molecule has 0 fully saturated rings. The summed E-state index contributed by atoms with van der Waals surface area (Å²) in [5.74, 6) is 0. The molecule has 0 bridgehead atoms. The molecule has 0 aliphatic rings. The summed E-state index contributed by atoms with van der Waals surface area (Å²) in [7, 11) is 0. The fourth-order valence-electron chi connectivity index (χ4n) is 1.39. The van der Waals surface area contributed by atoms with Crippen molar-refractivity contribution < 1.29 is 0 Å². The van der Waals surface area contributed by atoms with Gasteiger partial charge in [-0.1, -0.05) is 53.2 Å². The molecule has 0 N–H and O–H groups in total. The molecule has 0 heterocycles. The molecule has 0 atom stereocenters. The van der Waals surface area contributed by atoms with Crippen LogP contribution in [0.2, 0.25) is 0 Å². The van der Waals surface area contributed by atoms with E-state index in [0.717, 1.165) is 0 Å². The Morgan fingerprint density at radius 2 is 1.38 bits per heavy atom. The predicted molar refractivity (Wildman–Crippen MR) is 61.9 cm³/mol. The van der Waals surface area contributed by atoms with Gasteiger partial charge >= 0.3 is 0 Å². The number of allylic oxidation sites excluding steroid dienone is 2. The largest absolute Gasteiger partial charge is 0.0851 e. The molecule has 0 aliphatic heterocycles. The lowest BCUT2D eigenvalue weighted by molar-refractivity contribution is 0.398. The van der Waals surface area contributed by atoms with E-state index in [1.165, 1.54) is 18.4 Å². The Morgan fingerprint density at radius 3 is 1.69 bits per heavy atom. The van der Waals surface area contributed by atoms with Crippen LogP contribution in [0.3, 0.4) is 0 Å². The first-order valence-electron chi connectivity index (χ1n) is 5.26. The fraction of sp³-hybridized carbons (Fsp3) is 0.846. The molecule has 0 unspecified atom stereocenters. The van der Waals surface area contributed by atoms with E-state index in [1.807, 2.05) is 0 Å². The first kappa shape index (κ1) is 12.7. The van der Waals surface area contributed by atoms with Gasteiger partial charge in [0, 0.05) is 0 Å². The molecule has 0 aromatic rings. The van der Waals surface area contributed by atoms with Crippen LogP contribution in [0.1, 0.15) is 61.3 Å². The van der Waals surface area contributed by atoms with Crippen LogP contribution in [0.15, 0.2) is 11.6 Å². The van der Waals surface area contributed by atoms with Crippen molar-refractivity contribution in [2.24, 2.45) is 10.8 Å². The van der Waals surface area contributed by atoms with Gasteiger partial charge < -0.3 is 0 Å². The summed E-state index contributed by atoms with van der Waals surface area (Å²) in [5, 5.41) is 0. The maximum atomic E-state index is 2.39. The zero-order valence-corrected chi connectivity index (χ0v) is 10.5. The van der Waals surface area contributed by atoms with Gasteiger partial charge in [0.05, 0.1) is 0 Å². The minimum absolute atomic E-state index is 0.429. The van der Waals surface area contributed by atoms with Crippen LogP contribution >= 0.6 is 0 Å². The maximum absolute atomic E-state index is 2.39. The van der Waals surface area contributed by atoms with Crippen molar-refractivity contribution in [1.29, 1.82) is 0 Å². The molecule has 0 aliphatic carbocycles. The first-order chi connectivity index (χ1) is 5.60. The minimum Gasteiger partial charge on any atom is -0.0851 e. The average molecular weight is 182 g/mol. The van der Waals surface area contributed by atoms with E-state index in [0.29, 0.717) is 10.8 Å². The highest BCUT2D eigenvalue weighted by Crippen LogP contribution is 2.26. The van der Waals surface area contributed by atoms with E-state index in [1.54, 1.807) is 0 Å². The quantitative estimate of drug-likeness (QED) is 0.538. The molecular formula is C13H26. The smallest absolute Gasteiger partial charge is 0.0274 e. The van der Waals surface area contributed by atoms with Crippen LogP contribution in [-0.2, 0) is 0 Å². The van der Waals surface area contributed by atoms with Crippen LogP contribution in [0.5, 0.6) is 0 Å². The van der Waals surface area contributed by atoms with Gasteiger partial charge in [-0.25, -0.2) is 0 Å². The molecule has 0 aromatic carbocycles. The monoisotopic (exact) mass is 182 g/mol. The summed E-state index contributed by atoms with van der Waals surface area (Å²) in [4.78, 5) is 0. The third kappa shape index (κ3) is 9.66. The highest BCUT2D eigenvalue weighted by atomic mass is 14.2. The van der Waals surface area contributed by atoms with Gasteiger partial charge in [-0.2, -0.15) is 0 Å². The maximum Gasteiger partial charge on any atom is -0.0274 e. The summed E-state index contributed by atoms with van der Waals surface area (Å²) in [6.45, 7) is 16.0. The Bertz CT molecular complexity index is 171. The van der Waals surface area contributed by atoms with Gasteiger partial charge in [0.15, 0.2) is 0 Å². The molecule has 0 rings (SSSR count). The van der Waals surface area contributed by atoms with Crippen LogP contribution in [0, 0.1) is 10.8 Å². The van der Waals surface area contributed by atoms with Crippen molar-refractivity contribution in [2.75, 3.05) is 0 Å². The fourth-order valence-corrected chi connectivity index (χ4v) is 1.39. The molecule has 0 saturated heterocycles. The third-order valence-corrected chi connectivity index (χ3v) is 1.87. The summed E-state index contributed by atoms with van der Waals surface area (Å²) in [5.41, 5.74) is 2.39. The van der Waals surface area contributed by atoms with Crippen molar-refractivity contribution in [3.63, 3.8) is 0 Å². The molecule has 0 radical (unpaired) electrons. The van der Waals surface area contributed by atoms with E-state index >= 15 is 0 Å². The summed E-state index contributed by atoms with van der Waals surface area (Å²) in [6.07, 6.45) is 4.79. The Kier molecular flexibility index (Phi) is 4.22. The molecular weight excluding hydrogens is 156 g/mol. The van der Waals surface area contributed by atoms with E-state index in [9.17, 15) is 0 Å². The number of rotatable bonds is 2. The van der Waals surface area contributed by atoms with Gasteiger partial charge in [-0.3, -0.25) is 0 Å². The van der Waals surface area contributed by atoms with Gasteiger partial charge in [0.25, 0.3) is 0 Å². The SMILES string of the molecule is C/C(=C/CC(C)(C)C)CC(C)(C)C. The molecule has 78 valence electrons. The summed E-state index contributed by atoms with van der Waals surface area (Å²) in [6, 6.07) is 0. The average Bonchev–Trinajstić information content (AvgIpc) is 1.78. The lowest BCUT2D eigenvalue weighted by atomic mass is 9.86. The standard InChI is InChI=1S/C13H26/c1-11(10-13(5,6)7)8-9-12(2,3)4/h8H,9-10H2,1-7H3/b11-8-. The Balaban J connectivity index is 4.05. The molecule has 0 spiro atoms. The number of hydrogen-bond acceptors (Lipinski definition) is 0. The van der Waals surface area contributed by atoms with Crippen molar-refractivity contribution in [2.45, 2.75) is 61.3 Å². The molecule has 0 amide bonds. The van der Waals surface area contributed by atoms with E-state index < -0.39 is 0 Å². The van der Waals surface area contributed by atoms with Crippen molar-refractivity contribution >= 4 is 0 Å². The highest BCUT2D eigenvalue weighted by molar-refractivity contribution is 5.01. The number of hydrogen-bond donors (Lipinski definition) is 0. The van der Waals surface area contributed by atoms with Crippen molar-refractivity contribution in [3.8, 4) is 0 Å². The molecule has 0 saturated carbocycles. The van der Waals surface area contributed by atoms with E-state index in [2.05, 4.69) is 54.5 Å². The van der Waals surface area contributed by atoms with Crippen LogP contribution in [0.25, 0.3) is 0 Å². The van der Waals surface area contributed by atoms with E-state index in [4.69, 9.17) is 0 Å². The van der Waals surface area contributed by atoms with Gasteiger partial charge in [0.2, 0.25) is 0 Å². The zero-order valence-electron chi connectivity index (χ0n) is 10.5. The van der Waals surface area contributed by atoms with Crippen molar-refractivity contribution in [1.82, 2.24) is 0 Å². The molecule has 0 heteroatoms. The molecule has 0 aromatic heterocycles. The Hall–Kier alpha value is -0.260. The van der Waals surface area contributed by atoms with Gasteiger partial charge in [-0.05, 0) is 30.6 Å². The summed E-state index contributed by atoms with van der Waals surface area (Å²) < 4.78 is 0. The zero-order chi connectivity index (χ0) is 10.7. The molecule has 13 heavy (non-hydrogen) atoms. The Labute approximate surface area is 84.4 Å². The summed E-state index contributed by atoms with van der Waals surface area (Å²) >= 11 is 0. The second-order valence-electron chi connectivity index (χ2n) is 6.55. The topological polar surface area (TPSA) is 0 Å². The Morgan fingerprint density at radius 1 is 0.923 bits per heavy atom. The first-order valence-corrected chi connectivity index (χ1v) is 5.26.